The van der Waals surface area contributed by atoms with Gasteiger partial charge in [-0.2, -0.15) is 0 Å². The molecule has 1 N–H and O–H groups in total. The highest BCUT2D eigenvalue weighted by molar-refractivity contribution is 6.42. The molecule has 0 spiro atoms. The van der Waals surface area contributed by atoms with Crippen LogP contribution in [0.1, 0.15) is 10.4 Å². The van der Waals surface area contributed by atoms with Gasteiger partial charge < -0.3 is 29.3 Å². The van der Waals surface area contributed by atoms with Gasteiger partial charge in [0.1, 0.15) is 17.5 Å². The first-order valence-corrected chi connectivity index (χ1v) is 12.2. The fraction of sp³-hybridized carbons (Fsp3) is 0.269. The molecule has 2 aromatic carbocycles. The molecule has 0 aliphatic carbocycles. The van der Waals surface area contributed by atoms with E-state index in [1.54, 1.807) is 29.2 Å². The average Bonchev–Trinajstić information content (AvgIpc) is 2.94. The summed E-state index contributed by atoms with van der Waals surface area (Å²) >= 11 is 12.4. The number of hydrogen-bond donors (Lipinski definition) is 1. The Bertz CT molecular complexity index is 1360. The van der Waals surface area contributed by atoms with E-state index in [0.29, 0.717) is 34.6 Å². The average molecular weight is 563 g/mol. The fourth-order valence-electron chi connectivity index (χ4n) is 4.23. The third-order valence-corrected chi connectivity index (χ3v) is 6.91. The van der Waals surface area contributed by atoms with Gasteiger partial charge in [-0.1, -0.05) is 23.2 Å². The minimum atomic E-state index is -0.873. The van der Waals surface area contributed by atoms with Crippen LogP contribution in [0.25, 0.3) is 0 Å². The quantitative estimate of drug-likeness (QED) is 0.452. The molecule has 12 heteroatoms. The number of ether oxygens (including phenoxy) is 3. The van der Waals surface area contributed by atoms with E-state index in [4.69, 9.17) is 37.4 Å². The molecule has 2 heterocycles. The summed E-state index contributed by atoms with van der Waals surface area (Å²) in [6.07, 6.45) is 2.95. The Kier molecular flexibility index (Phi) is 8.43. The lowest BCUT2D eigenvalue weighted by atomic mass is 10.1. The van der Waals surface area contributed by atoms with E-state index in [1.807, 2.05) is 4.90 Å². The molecular weight excluding hydrogens is 538 g/mol. The summed E-state index contributed by atoms with van der Waals surface area (Å²) in [7, 11) is 4.19. The van der Waals surface area contributed by atoms with Crippen molar-refractivity contribution >= 4 is 46.4 Å². The van der Waals surface area contributed by atoms with Crippen molar-refractivity contribution in [1.82, 2.24) is 9.88 Å². The lowest BCUT2D eigenvalue weighted by Gasteiger charge is -2.42. The first-order chi connectivity index (χ1) is 18.3. The van der Waals surface area contributed by atoms with Crippen molar-refractivity contribution in [2.75, 3.05) is 51.2 Å². The third kappa shape index (κ3) is 5.56. The van der Waals surface area contributed by atoms with Gasteiger partial charge in [-0.3, -0.25) is 14.6 Å². The molecule has 200 valence electrons. The number of methoxy groups -OCH3 is 3. The highest BCUT2D eigenvalue weighted by Gasteiger charge is 2.36. The molecule has 1 saturated heterocycles. The number of nitrogens with zero attached hydrogens (tertiary/aromatic N) is 3. The number of aromatic nitrogens is 1. The number of piperazine rings is 1. The predicted molar refractivity (Wildman–Crippen MR) is 142 cm³/mol. The number of amides is 2. The minimum Gasteiger partial charge on any atom is -0.496 e. The highest BCUT2D eigenvalue weighted by atomic mass is 35.5. The molecule has 1 aliphatic rings. The zero-order valence-corrected chi connectivity index (χ0v) is 22.3. The number of carbonyl (C=O) groups excluding carboxylic acids is 2. The Morgan fingerprint density at radius 3 is 2.39 bits per heavy atom. The van der Waals surface area contributed by atoms with E-state index in [2.05, 4.69) is 10.3 Å². The van der Waals surface area contributed by atoms with Crippen LogP contribution in [0.3, 0.4) is 0 Å². The number of rotatable bonds is 7. The largest absolute Gasteiger partial charge is 0.496 e. The monoisotopic (exact) mass is 562 g/mol. The van der Waals surface area contributed by atoms with Crippen molar-refractivity contribution < 1.29 is 28.2 Å². The topological polar surface area (TPSA) is 93.2 Å². The lowest BCUT2D eigenvalue weighted by molar-refractivity contribution is -0.118. The number of nitrogens with one attached hydrogen (secondary N) is 1. The second-order valence-electron chi connectivity index (χ2n) is 8.31. The molecule has 2 amide bonds. The van der Waals surface area contributed by atoms with Crippen LogP contribution >= 0.6 is 23.2 Å². The number of hydrogen-bond acceptors (Lipinski definition) is 7. The maximum Gasteiger partial charge on any atom is 0.259 e. The molecular formula is C26H25Cl2FN4O5. The SMILES string of the molecule is COc1cc(OC)c(NC(=O)[C@@H]2CN(C(=O)c3cnccc3OC)CCN2c2ccc(Cl)c(Cl)c2)cc1F. The Morgan fingerprint density at radius 2 is 1.71 bits per heavy atom. The van der Waals surface area contributed by atoms with E-state index >= 15 is 0 Å². The van der Waals surface area contributed by atoms with Crippen LogP contribution in [-0.2, 0) is 4.79 Å². The van der Waals surface area contributed by atoms with Gasteiger partial charge in [0.15, 0.2) is 11.6 Å². The maximum absolute atomic E-state index is 14.5. The van der Waals surface area contributed by atoms with Gasteiger partial charge in [0.2, 0.25) is 5.91 Å². The summed E-state index contributed by atoms with van der Waals surface area (Å²) in [4.78, 5) is 34.5. The summed E-state index contributed by atoms with van der Waals surface area (Å²) in [5.41, 5.74) is 1.02. The summed E-state index contributed by atoms with van der Waals surface area (Å²) < 4.78 is 30.1. The lowest BCUT2D eigenvalue weighted by Crippen LogP contribution is -2.59. The molecule has 4 rings (SSSR count). The fourth-order valence-corrected chi connectivity index (χ4v) is 4.52. The molecule has 0 bridgehead atoms. The van der Waals surface area contributed by atoms with Gasteiger partial charge in [0, 0.05) is 43.3 Å². The molecule has 1 aliphatic heterocycles. The van der Waals surface area contributed by atoms with E-state index in [0.717, 1.165) is 6.07 Å². The summed E-state index contributed by atoms with van der Waals surface area (Å²) in [5, 5.41) is 3.42. The first-order valence-electron chi connectivity index (χ1n) is 11.5. The molecule has 0 unspecified atom stereocenters. The molecule has 1 aromatic heterocycles. The second kappa shape index (κ2) is 11.7. The van der Waals surface area contributed by atoms with Gasteiger partial charge in [-0.05, 0) is 24.3 Å². The minimum absolute atomic E-state index is 0.0178. The zero-order valence-electron chi connectivity index (χ0n) is 20.8. The molecule has 9 nitrogen and oxygen atoms in total. The predicted octanol–water partition coefficient (Wildman–Crippen LogP) is 4.52. The van der Waals surface area contributed by atoms with Crippen LogP contribution in [-0.4, -0.2) is 68.7 Å². The van der Waals surface area contributed by atoms with E-state index < -0.39 is 17.8 Å². The summed E-state index contributed by atoms with van der Waals surface area (Å²) in [6.45, 7) is 0.629. The maximum atomic E-state index is 14.5. The van der Waals surface area contributed by atoms with E-state index in [-0.39, 0.29) is 35.2 Å². The Morgan fingerprint density at radius 1 is 0.974 bits per heavy atom. The zero-order chi connectivity index (χ0) is 27.4. The van der Waals surface area contributed by atoms with E-state index in [1.165, 1.54) is 39.8 Å². The molecule has 38 heavy (non-hydrogen) atoms. The Balaban J connectivity index is 1.67. The normalized spacial score (nSPS) is 15.2. The molecule has 3 aromatic rings. The van der Waals surface area contributed by atoms with Crippen molar-refractivity contribution in [2.24, 2.45) is 0 Å². The van der Waals surface area contributed by atoms with Crippen molar-refractivity contribution in [3.8, 4) is 17.2 Å². The van der Waals surface area contributed by atoms with Gasteiger partial charge in [-0.25, -0.2) is 4.39 Å². The van der Waals surface area contributed by atoms with Crippen molar-refractivity contribution in [2.45, 2.75) is 6.04 Å². The number of pyridine rings is 1. The van der Waals surface area contributed by atoms with Crippen LogP contribution in [0.4, 0.5) is 15.8 Å². The number of anilines is 2. The Hall–Kier alpha value is -3.76. The van der Waals surface area contributed by atoms with Crippen molar-refractivity contribution in [3.63, 3.8) is 0 Å². The van der Waals surface area contributed by atoms with Crippen LogP contribution in [0.5, 0.6) is 17.2 Å². The van der Waals surface area contributed by atoms with Gasteiger partial charge in [0.05, 0.1) is 49.2 Å². The highest BCUT2D eigenvalue weighted by Crippen LogP contribution is 2.34. The van der Waals surface area contributed by atoms with Crippen LogP contribution < -0.4 is 24.4 Å². The van der Waals surface area contributed by atoms with Crippen LogP contribution in [0.15, 0.2) is 48.8 Å². The standard InChI is InChI=1S/C26H25Cl2FN4O5/c1-36-22-6-7-30-13-16(22)26(35)32-8-9-33(15-4-5-17(27)18(28)10-15)21(14-32)25(34)31-20-11-19(29)23(37-2)12-24(20)38-3/h4-7,10-13,21H,8-9,14H2,1-3H3,(H,31,34)/t21-/m0/s1. The number of benzene rings is 2. The van der Waals surface area contributed by atoms with Crippen LogP contribution in [0, 0.1) is 5.82 Å². The van der Waals surface area contributed by atoms with Gasteiger partial charge >= 0.3 is 0 Å². The van der Waals surface area contributed by atoms with Gasteiger partial charge in [0.25, 0.3) is 5.91 Å². The first kappa shape index (κ1) is 27.3. The van der Waals surface area contributed by atoms with Crippen molar-refractivity contribution in [1.29, 1.82) is 0 Å². The van der Waals surface area contributed by atoms with Crippen LogP contribution in [0.2, 0.25) is 10.0 Å². The molecule has 1 fully saturated rings. The molecule has 0 radical (unpaired) electrons. The van der Waals surface area contributed by atoms with Gasteiger partial charge in [-0.15, -0.1) is 0 Å². The Labute approximate surface area is 229 Å². The smallest absolute Gasteiger partial charge is 0.259 e. The third-order valence-electron chi connectivity index (χ3n) is 6.17. The summed E-state index contributed by atoms with van der Waals surface area (Å²) in [6, 6.07) is 8.20. The second-order valence-corrected chi connectivity index (χ2v) is 9.13. The van der Waals surface area contributed by atoms with E-state index in [9.17, 15) is 14.0 Å². The molecule has 1 atom stereocenters. The molecule has 0 saturated carbocycles. The van der Waals surface area contributed by atoms with Crippen molar-refractivity contribution in [3.05, 3.63) is 70.2 Å². The number of halogens is 3. The number of carbonyl (C=O) groups is 2. The summed E-state index contributed by atoms with van der Waals surface area (Å²) in [5.74, 6) is -0.951.